The molecule has 0 unspecified atom stereocenters. The molecule has 0 fully saturated rings. The molecule has 2 aromatic heterocycles. The number of imidazole rings is 1. The first kappa shape index (κ1) is 28.7. The predicted molar refractivity (Wildman–Crippen MR) is 140 cm³/mol. The number of sulfonamides is 1. The van der Waals surface area contributed by atoms with E-state index < -0.39 is 22.0 Å². The van der Waals surface area contributed by atoms with E-state index >= 15 is 0 Å². The molecule has 0 saturated carbocycles. The van der Waals surface area contributed by atoms with Gasteiger partial charge >= 0.3 is 5.97 Å². The van der Waals surface area contributed by atoms with Gasteiger partial charge in [0.15, 0.2) is 0 Å². The highest BCUT2D eigenvalue weighted by molar-refractivity contribution is 7.89. The van der Waals surface area contributed by atoms with Crippen LogP contribution in [0.3, 0.4) is 0 Å². The summed E-state index contributed by atoms with van der Waals surface area (Å²) in [5.41, 5.74) is 3.43. The first-order valence-corrected chi connectivity index (χ1v) is 13.9. The molecule has 0 aliphatic rings. The number of pyridine rings is 1. The minimum atomic E-state index is -3.95. The fourth-order valence-corrected chi connectivity index (χ4v) is 5.01. The van der Waals surface area contributed by atoms with Crippen molar-refractivity contribution in [3.63, 3.8) is 0 Å². The van der Waals surface area contributed by atoms with Gasteiger partial charge in [-0.1, -0.05) is 26.0 Å². The van der Waals surface area contributed by atoms with E-state index in [0.717, 1.165) is 28.1 Å². The van der Waals surface area contributed by atoms with E-state index in [4.69, 9.17) is 14.2 Å². The standard InChI is InChI=1S/C26H36N4O6S/c1-5-34-12-13-35-14-15-36-26(31)24(16-18(2)3)30-37(32,33)21-8-6-20(7-9-21)17-23-25-22(10-11-27-23)28-19(4)29-25/h6-11,18,24,30H,5,12-17H2,1-4H3,(H,28,29)/t24-/m0/s1. The number of fused-ring (bicyclic) bond motifs is 1. The third-order valence-electron chi connectivity index (χ3n) is 5.54. The van der Waals surface area contributed by atoms with Crippen LogP contribution in [0.1, 0.15) is 44.3 Å². The van der Waals surface area contributed by atoms with Crippen molar-refractivity contribution in [1.82, 2.24) is 19.7 Å². The van der Waals surface area contributed by atoms with Gasteiger partial charge in [-0.15, -0.1) is 0 Å². The van der Waals surface area contributed by atoms with Gasteiger partial charge in [0.25, 0.3) is 0 Å². The number of hydrogen-bond acceptors (Lipinski definition) is 8. The summed E-state index contributed by atoms with van der Waals surface area (Å²) in [4.78, 5) is 24.8. The maximum Gasteiger partial charge on any atom is 0.324 e. The third kappa shape index (κ3) is 8.60. The highest BCUT2D eigenvalue weighted by Crippen LogP contribution is 2.19. The first-order chi connectivity index (χ1) is 17.7. The summed E-state index contributed by atoms with van der Waals surface area (Å²) in [5, 5.41) is 0. The Morgan fingerprint density at radius 3 is 2.46 bits per heavy atom. The van der Waals surface area contributed by atoms with E-state index in [9.17, 15) is 13.2 Å². The smallest absolute Gasteiger partial charge is 0.324 e. The lowest BCUT2D eigenvalue weighted by Gasteiger charge is -2.19. The summed E-state index contributed by atoms with van der Waals surface area (Å²) >= 11 is 0. The van der Waals surface area contributed by atoms with Crippen molar-refractivity contribution in [2.45, 2.75) is 51.5 Å². The van der Waals surface area contributed by atoms with E-state index in [1.807, 2.05) is 33.8 Å². The Hall–Kier alpha value is -2.86. The van der Waals surface area contributed by atoms with Crippen molar-refractivity contribution < 1.29 is 27.4 Å². The summed E-state index contributed by atoms with van der Waals surface area (Å²) in [6, 6.07) is 7.39. The third-order valence-corrected chi connectivity index (χ3v) is 7.03. The molecule has 0 bridgehead atoms. The van der Waals surface area contributed by atoms with Gasteiger partial charge in [0.1, 0.15) is 18.5 Å². The molecule has 1 atom stereocenters. The number of rotatable bonds is 15. The van der Waals surface area contributed by atoms with Gasteiger partial charge in [-0.3, -0.25) is 9.78 Å². The molecule has 3 aromatic rings. The monoisotopic (exact) mass is 532 g/mol. The number of aromatic amines is 1. The molecule has 0 amide bonds. The number of H-pyrrole nitrogens is 1. The Morgan fingerprint density at radius 1 is 1.05 bits per heavy atom. The van der Waals surface area contributed by atoms with Gasteiger partial charge in [0, 0.05) is 19.2 Å². The zero-order chi connectivity index (χ0) is 26.8. The summed E-state index contributed by atoms with van der Waals surface area (Å²) in [7, 11) is -3.95. The van der Waals surface area contributed by atoms with E-state index in [2.05, 4.69) is 19.7 Å². The average Bonchev–Trinajstić information content (AvgIpc) is 3.24. The highest BCUT2D eigenvalue weighted by Gasteiger charge is 2.27. The van der Waals surface area contributed by atoms with Gasteiger partial charge in [0.05, 0.1) is 41.4 Å². The van der Waals surface area contributed by atoms with Crippen LogP contribution in [0.4, 0.5) is 0 Å². The number of benzene rings is 1. The van der Waals surface area contributed by atoms with Gasteiger partial charge in [-0.2, -0.15) is 4.72 Å². The number of aromatic nitrogens is 3. The molecule has 0 aliphatic heterocycles. The molecule has 37 heavy (non-hydrogen) atoms. The molecule has 2 heterocycles. The van der Waals surface area contributed by atoms with Crippen LogP contribution in [0.5, 0.6) is 0 Å². The fraction of sp³-hybridized carbons (Fsp3) is 0.500. The number of aryl methyl sites for hydroxylation is 1. The Morgan fingerprint density at radius 2 is 1.76 bits per heavy atom. The highest BCUT2D eigenvalue weighted by atomic mass is 32.2. The summed E-state index contributed by atoms with van der Waals surface area (Å²) in [6.07, 6.45) is 2.53. The van der Waals surface area contributed by atoms with Crippen LogP contribution in [-0.2, 0) is 35.4 Å². The Balaban J connectivity index is 1.62. The number of carbonyl (C=O) groups is 1. The normalized spacial score (nSPS) is 12.8. The largest absolute Gasteiger partial charge is 0.462 e. The van der Waals surface area contributed by atoms with Crippen LogP contribution in [0.15, 0.2) is 41.4 Å². The second-order valence-corrected chi connectivity index (χ2v) is 10.8. The second-order valence-electron chi connectivity index (χ2n) is 9.07. The number of carbonyl (C=O) groups excluding carboxylic acids is 1. The minimum absolute atomic E-state index is 0.0343. The van der Waals surface area contributed by atoms with Crippen LogP contribution in [0.2, 0.25) is 0 Å². The molecule has 2 N–H and O–H groups in total. The average molecular weight is 533 g/mol. The molecule has 11 heteroatoms. The van der Waals surface area contributed by atoms with E-state index in [1.165, 1.54) is 12.1 Å². The van der Waals surface area contributed by atoms with E-state index in [0.29, 0.717) is 32.7 Å². The number of hydrogen-bond donors (Lipinski definition) is 2. The lowest BCUT2D eigenvalue weighted by molar-refractivity contribution is -0.147. The number of ether oxygens (including phenoxy) is 3. The quantitative estimate of drug-likeness (QED) is 0.225. The minimum Gasteiger partial charge on any atom is -0.462 e. The summed E-state index contributed by atoms with van der Waals surface area (Å²) in [5.74, 6) is 0.253. The maximum atomic E-state index is 13.1. The zero-order valence-electron chi connectivity index (χ0n) is 21.8. The van der Waals surface area contributed by atoms with E-state index in [-0.39, 0.29) is 24.0 Å². The van der Waals surface area contributed by atoms with Crippen LogP contribution in [0, 0.1) is 12.8 Å². The summed E-state index contributed by atoms with van der Waals surface area (Å²) in [6.45, 7) is 9.33. The van der Waals surface area contributed by atoms with Crippen molar-refractivity contribution in [1.29, 1.82) is 0 Å². The molecule has 202 valence electrons. The van der Waals surface area contributed by atoms with Crippen LogP contribution in [-0.4, -0.2) is 68.4 Å². The molecule has 3 rings (SSSR count). The van der Waals surface area contributed by atoms with Gasteiger partial charge < -0.3 is 19.2 Å². The van der Waals surface area contributed by atoms with Crippen molar-refractivity contribution in [3.8, 4) is 0 Å². The van der Waals surface area contributed by atoms with Crippen molar-refractivity contribution >= 4 is 27.0 Å². The Kier molecular flexibility index (Phi) is 10.6. The molecular formula is C26H36N4O6S. The molecule has 0 radical (unpaired) electrons. The zero-order valence-corrected chi connectivity index (χ0v) is 22.6. The first-order valence-electron chi connectivity index (χ1n) is 12.4. The molecule has 10 nitrogen and oxygen atoms in total. The van der Waals surface area contributed by atoms with E-state index in [1.54, 1.807) is 18.3 Å². The topological polar surface area (TPSA) is 132 Å². The van der Waals surface area contributed by atoms with Crippen molar-refractivity contribution in [2.75, 3.05) is 33.0 Å². The van der Waals surface area contributed by atoms with Crippen LogP contribution < -0.4 is 4.72 Å². The Bertz CT molecular complexity index is 1260. The molecular weight excluding hydrogens is 496 g/mol. The molecule has 0 aliphatic carbocycles. The maximum absolute atomic E-state index is 13.1. The molecule has 1 aromatic carbocycles. The van der Waals surface area contributed by atoms with Crippen molar-refractivity contribution in [2.24, 2.45) is 5.92 Å². The lowest BCUT2D eigenvalue weighted by Crippen LogP contribution is -2.43. The van der Waals surface area contributed by atoms with Crippen LogP contribution >= 0.6 is 0 Å². The fourth-order valence-electron chi connectivity index (χ4n) is 3.81. The predicted octanol–water partition coefficient (Wildman–Crippen LogP) is 3.15. The number of nitrogens with one attached hydrogen (secondary N) is 2. The number of esters is 1. The number of nitrogens with zero attached hydrogens (tertiary/aromatic N) is 2. The van der Waals surface area contributed by atoms with Gasteiger partial charge in [0.2, 0.25) is 10.0 Å². The molecule has 0 saturated heterocycles. The van der Waals surface area contributed by atoms with Crippen LogP contribution in [0.25, 0.3) is 11.0 Å². The van der Waals surface area contributed by atoms with Crippen molar-refractivity contribution in [3.05, 3.63) is 53.6 Å². The second kappa shape index (κ2) is 13.6. The SMILES string of the molecule is CCOCCOCCOC(=O)[C@H](CC(C)C)NS(=O)(=O)c1ccc(Cc2nccc3nc(C)[nH]c23)cc1. The molecule has 0 spiro atoms. The Labute approximate surface area is 218 Å². The summed E-state index contributed by atoms with van der Waals surface area (Å²) < 4.78 is 44.4. The lowest BCUT2D eigenvalue weighted by atomic mass is 10.1. The van der Waals surface area contributed by atoms with Gasteiger partial charge in [-0.05, 0) is 49.9 Å². The van der Waals surface area contributed by atoms with Gasteiger partial charge in [-0.25, -0.2) is 13.4 Å².